The fraction of sp³-hybridized carbons (Fsp3) is 0.818. The predicted molar refractivity (Wildman–Crippen MR) is 65.4 cm³/mol. The zero-order valence-electron chi connectivity index (χ0n) is 11.2. The lowest BCUT2D eigenvalue weighted by molar-refractivity contribution is -0.148. The quantitative estimate of drug-likeness (QED) is 0.479. The number of likely N-dealkylation sites (N-methyl/N-ethyl adjacent to an activating group) is 1. The predicted octanol–water partition coefficient (Wildman–Crippen LogP) is -0.667. The summed E-state index contributed by atoms with van der Waals surface area (Å²) in [7, 11) is 3.83. The van der Waals surface area contributed by atoms with Gasteiger partial charge in [-0.25, -0.2) is 4.79 Å². The molecule has 17 heavy (non-hydrogen) atoms. The number of hydrogen-bond donors (Lipinski definition) is 2. The van der Waals surface area contributed by atoms with Crippen LogP contribution in [0.15, 0.2) is 0 Å². The van der Waals surface area contributed by atoms with Crippen LogP contribution in [0.2, 0.25) is 0 Å². The average molecular weight is 245 g/mol. The zero-order valence-corrected chi connectivity index (χ0v) is 11.2. The van der Waals surface area contributed by atoms with Gasteiger partial charge in [0.05, 0.1) is 6.61 Å². The van der Waals surface area contributed by atoms with E-state index in [1.165, 1.54) is 0 Å². The molecular weight excluding hydrogens is 222 g/mol. The van der Waals surface area contributed by atoms with Gasteiger partial charge in [0.25, 0.3) is 0 Å². The SMILES string of the molecule is CCOC(=O)C(N)C(=O)NCC(C)(C)N(C)C. The minimum Gasteiger partial charge on any atom is -0.464 e. The molecule has 0 aromatic carbocycles. The van der Waals surface area contributed by atoms with Gasteiger partial charge in [0.2, 0.25) is 5.91 Å². The Morgan fingerprint density at radius 2 is 1.94 bits per heavy atom. The van der Waals surface area contributed by atoms with Crippen molar-refractivity contribution in [3.8, 4) is 0 Å². The van der Waals surface area contributed by atoms with Crippen LogP contribution in [0.4, 0.5) is 0 Å². The number of carbonyl (C=O) groups excluding carboxylic acids is 2. The summed E-state index contributed by atoms with van der Waals surface area (Å²) in [5.74, 6) is -1.22. The van der Waals surface area contributed by atoms with Gasteiger partial charge >= 0.3 is 5.97 Å². The molecule has 0 saturated heterocycles. The Morgan fingerprint density at radius 1 is 1.41 bits per heavy atom. The standard InChI is InChI=1S/C11H23N3O3/c1-6-17-10(16)8(12)9(15)13-7-11(2,3)14(4)5/h8H,6-7,12H2,1-5H3,(H,13,15). The van der Waals surface area contributed by atoms with E-state index in [1.54, 1.807) is 6.92 Å². The lowest BCUT2D eigenvalue weighted by Gasteiger charge is -2.32. The molecule has 0 aliphatic rings. The first-order chi connectivity index (χ1) is 7.72. The monoisotopic (exact) mass is 245 g/mol. The number of carbonyl (C=O) groups is 2. The molecule has 0 radical (unpaired) electrons. The molecule has 0 saturated carbocycles. The summed E-state index contributed by atoms with van der Waals surface area (Å²) in [6.45, 7) is 6.24. The smallest absolute Gasteiger partial charge is 0.332 e. The molecule has 0 aliphatic carbocycles. The summed E-state index contributed by atoms with van der Waals surface area (Å²) in [5.41, 5.74) is 5.25. The molecular formula is C11H23N3O3. The van der Waals surface area contributed by atoms with E-state index in [1.807, 2.05) is 32.8 Å². The molecule has 0 bridgehead atoms. The molecule has 0 aromatic heterocycles. The van der Waals surface area contributed by atoms with Crippen LogP contribution >= 0.6 is 0 Å². The number of ether oxygens (including phenoxy) is 1. The Morgan fingerprint density at radius 3 is 2.35 bits per heavy atom. The van der Waals surface area contributed by atoms with Crippen LogP contribution in [0.25, 0.3) is 0 Å². The van der Waals surface area contributed by atoms with Gasteiger partial charge in [0.15, 0.2) is 6.04 Å². The number of rotatable bonds is 6. The molecule has 6 nitrogen and oxygen atoms in total. The van der Waals surface area contributed by atoms with Gasteiger partial charge in [-0.2, -0.15) is 0 Å². The second-order valence-corrected chi connectivity index (χ2v) is 4.65. The topological polar surface area (TPSA) is 84.7 Å². The number of amides is 1. The summed E-state index contributed by atoms with van der Waals surface area (Å²) < 4.78 is 4.67. The van der Waals surface area contributed by atoms with Crippen molar-refractivity contribution in [2.45, 2.75) is 32.4 Å². The maximum Gasteiger partial charge on any atom is 0.332 e. The van der Waals surface area contributed by atoms with Gasteiger partial charge in [-0.1, -0.05) is 0 Å². The van der Waals surface area contributed by atoms with Crippen molar-refractivity contribution in [1.29, 1.82) is 0 Å². The summed E-state index contributed by atoms with van der Waals surface area (Å²) in [6.07, 6.45) is 0. The van der Waals surface area contributed by atoms with Crippen molar-refractivity contribution in [2.75, 3.05) is 27.2 Å². The molecule has 1 unspecified atom stereocenters. The summed E-state index contributed by atoms with van der Waals surface area (Å²) in [4.78, 5) is 24.8. The highest BCUT2D eigenvalue weighted by Crippen LogP contribution is 2.07. The molecule has 0 rings (SSSR count). The number of hydrogen-bond acceptors (Lipinski definition) is 5. The maximum absolute atomic E-state index is 11.6. The van der Waals surface area contributed by atoms with Gasteiger partial charge in [0, 0.05) is 12.1 Å². The van der Waals surface area contributed by atoms with Crippen LogP contribution in [-0.2, 0) is 14.3 Å². The first-order valence-electron chi connectivity index (χ1n) is 5.59. The van der Waals surface area contributed by atoms with Crippen molar-refractivity contribution >= 4 is 11.9 Å². The summed E-state index contributed by atoms with van der Waals surface area (Å²) >= 11 is 0. The van der Waals surface area contributed by atoms with Crippen LogP contribution in [0.3, 0.4) is 0 Å². The Balaban J connectivity index is 4.23. The van der Waals surface area contributed by atoms with Crippen LogP contribution in [0.1, 0.15) is 20.8 Å². The van der Waals surface area contributed by atoms with E-state index in [2.05, 4.69) is 10.1 Å². The van der Waals surface area contributed by atoms with Crippen molar-refractivity contribution in [1.82, 2.24) is 10.2 Å². The Kier molecular flexibility index (Phi) is 6.12. The lowest BCUT2D eigenvalue weighted by atomic mass is 10.0. The van der Waals surface area contributed by atoms with Crippen LogP contribution < -0.4 is 11.1 Å². The minimum absolute atomic E-state index is 0.204. The number of nitrogens with one attached hydrogen (secondary N) is 1. The van der Waals surface area contributed by atoms with E-state index < -0.39 is 17.9 Å². The van der Waals surface area contributed by atoms with Crippen molar-refractivity contribution in [2.24, 2.45) is 5.73 Å². The molecule has 1 atom stereocenters. The van der Waals surface area contributed by atoms with E-state index in [4.69, 9.17) is 5.73 Å². The van der Waals surface area contributed by atoms with Crippen molar-refractivity contribution < 1.29 is 14.3 Å². The van der Waals surface area contributed by atoms with Crippen LogP contribution in [0.5, 0.6) is 0 Å². The van der Waals surface area contributed by atoms with Crippen molar-refractivity contribution in [3.05, 3.63) is 0 Å². The highest BCUT2D eigenvalue weighted by atomic mass is 16.5. The van der Waals surface area contributed by atoms with Crippen LogP contribution in [-0.4, -0.2) is 55.6 Å². The Hall–Kier alpha value is -1.14. The van der Waals surface area contributed by atoms with Crippen molar-refractivity contribution in [3.63, 3.8) is 0 Å². The molecule has 0 fully saturated rings. The number of esters is 1. The average Bonchev–Trinajstić information content (AvgIpc) is 2.25. The molecule has 0 aromatic rings. The third-order valence-electron chi connectivity index (χ3n) is 2.73. The van der Waals surface area contributed by atoms with Crippen LogP contribution in [0, 0.1) is 0 Å². The van der Waals surface area contributed by atoms with Gasteiger partial charge in [-0.05, 0) is 34.9 Å². The third-order valence-corrected chi connectivity index (χ3v) is 2.73. The molecule has 3 N–H and O–H groups in total. The highest BCUT2D eigenvalue weighted by Gasteiger charge is 2.26. The molecule has 1 amide bonds. The molecule has 0 aliphatic heterocycles. The number of nitrogens with zero attached hydrogens (tertiary/aromatic N) is 1. The minimum atomic E-state index is -1.26. The normalized spacial score (nSPS) is 13.4. The van der Waals surface area contributed by atoms with Gasteiger partial charge < -0.3 is 20.7 Å². The number of nitrogens with two attached hydrogens (primary N) is 1. The molecule has 6 heteroatoms. The molecule has 0 heterocycles. The van der Waals surface area contributed by atoms with Gasteiger partial charge in [-0.3, -0.25) is 4.79 Å². The maximum atomic E-state index is 11.6. The third kappa shape index (κ3) is 5.14. The van der Waals surface area contributed by atoms with Gasteiger partial charge in [0.1, 0.15) is 0 Å². The fourth-order valence-corrected chi connectivity index (χ4v) is 0.911. The molecule has 100 valence electrons. The van der Waals surface area contributed by atoms with Gasteiger partial charge in [-0.15, -0.1) is 0 Å². The van der Waals surface area contributed by atoms with E-state index in [-0.39, 0.29) is 12.1 Å². The zero-order chi connectivity index (χ0) is 13.6. The van der Waals surface area contributed by atoms with E-state index in [0.717, 1.165) is 0 Å². The van der Waals surface area contributed by atoms with E-state index in [9.17, 15) is 9.59 Å². The molecule has 0 spiro atoms. The summed E-state index contributed by atoms with van der Waals surface area (Å²) in [5, 5.41) is 2.64. The first-order valence-corrected chi connectivity index (χ1v) is 5.59. The largest absolute Gasteiger partial charge is 0.464 e. The lowest BCUT2D eigenvalue weighted by Crippen LogP contribution is -2.53. The fourth-order valence-electron chi connectivity index (χ4n) is 0.911. The van der Waals surface area contributed by atoms with E-state index >= 15 is 0 Å². The second-order valence-electron chi connectivity index (χ2n) is 4.65. The Labute approximate surface area is 102 Å². The highest BCUT2D eigenvalue weighted by molar-refractivity contribution is 6.01. The summed E-state index contributed by atoms with van der Waals surface area (Å²) in [6, 6.07) is -1.26. The van der Waals surface area contributed by atoms with E-state index in [0.29, 0.717) is 6.54 Å². The Bertz CT molecular complexity index is 277. The second kappa shape index (κ2) is 6.56. The first kappa shape index (κ1) is 15.9.